The van der Waals surface area contributed by atoms with Crippen LogP contribution in [-0.4, -0.2) is 12.0 Å². The van der Waals surface area contributed by atoms with Gasteiger partial charge in [-0.25, -0.2) is 4.99 Å². The normalized spacial score (nSPS) is 13.7. The van der Waals surface area contributed by atoms with E-state index in [4.69, 9.17) is 17.3 Å². The van der Waals surface area contributed by atoms with E-state index in [2.05, 4.69) is 0 Å². The molecule has 0 amide bonds. The Morgan fingerprint density at radius 1 is 1.22 bits per heavy atom. The van der Waals surface area contributed by atoms with E-state index in [-0.39, 0.29) is 17.6 Å². The maximum atomic E-state index is 12.2. The molecule has 2 nitrogen and oxygen atoms in total. The molecule has 0 saturated carbocycles. The monoisotopic (exact) mass is 298 g/mol. The topological polar surface area (TPSA) is 40.0 Å². The van der Waals surface area contributed by atoms with Crippen molar-refractivity contribution in [3.05, 3.63) is 41.1 Å². The molecule has 0 atom stereocenters. The standard InChI is InChI=1S/C11H10ClF3N2.ClH/c1-7(8-5-3-2-4-6-8)9(12)17-10(16)11(13,14)15;/h2-6H,1H3,(H2,16,17);1H/b9-7+;. The summed E-state index contributed by atoms with van der Waals surface area (Å²) in [5.41, 5.74) is 6.04. The summed E-state index contributed by atoms with van der Waals surface area (Å²) in [6.45, 7) is 1.61. The van der Waals surface area contributed by atoms with Crippen molar-refractivity contribution < 1.29 is 30.6 Å². The summed E-state index contributed by atoms with van der Waals surface area (Å²) in [7, 11) is 0. The van der Waals surface area contributed by atoms with Crippen LogP contribution < -0.4 is 23.1 Å². The van der Waals surface area contributed by atoms with Crippen molar-refractivity contribution in [1.82, 2.24) is 0 Å². The van der Waals surface area contributed by atoms with Gasteiger partial charge < -0.3 is 12.4 Å². The SMILES string of the molecule is C/C(=C(Cl)\[NH+]=C(\N)C(F)(F)F)c1ccccc1.[Cl-]. The lowest BCUT2D eigenvalue weighted by molar-refractivity contribution is -0.396. The van der Waals surface area contributed by atoms with Crippen LogP contribution >= 0.6 is 11.6 Å². The number of amidine groups is 1. The second-order valence-electron chi connectivity index (χ2n) is 3.34. The van der Waals surface area contributed by atoms with E-state index in [9.17, 15) is 13.2 Å². The Bertz CT molecular complexity index is 453. The lowest BCUT2D eigenvalue weighted by Gasteiger charge is -2.02. The summed E-state index contributed by atoms with van der Waals surface area (Å²) < 4.78 is 36.5. The van der Waals surface area contributed by atoms with Crippen LogP contribution in [0.4, 0.5) is 13.2 Å². The maximum absolute atomic E-state index is 12.2. The van der Waals surface area contributed by atoms with Crippen molar-refractivity contribution in [1.29, 1.82) is 0 Å². The Labute approximate surface area is 114 Å². The van der Waals surface area contributed by atoms with Crippen molar-refractivity contribution in [2.75, 3.05) is 0 Å². The zero-order chi connectivity index (χ0) is 13.1. The molecule has 0 unspecified atom stereocenters. The lowest BCUT2D eigenvalue weighted by Crippen LogP contribution is -3.00. The Morgan fingerprint density at radius 3 is 2.17 bits per heavy atom. The predicted molar refractivity (Wildman–Crippen MR) is 61.1 cm³/mol. The highest BCUT2D eigenvalue weighted by molar-refractivity contribution is 6.30. The van der Waals surface area contributed by atoms with Crippen LogP contribution in [0.3, 0.4) is 0 Å². The van der Waals surface area contributed by atoms with E-state index < -0.39 is 12.0 Å². The average Bonchev–Trinajstić information content (AvgIpc) is 2.27. The van der Waals surface area contributed by atoms with Gasteiger partial charge in [0.2, 0.25) is 0 Å². The minimum atomic E-state index is -4.61. The maximum Gasteiger partial charge on any atom is 0.494 e. The van der Waals surface area contributed by atoms with E-state index in [0.717, 1.165) is 5.56 Å². The van der Waals surface area contributed by atoms with Crippen LogP contribution in [0.2, 0.25) is 0 Å². The van der Waals surface area contributed by atoms with E-state index >= 15 is 0 Å². The van der Waals surface area contributed by atoms with Crippen molar-refractivity contribution in [3.63, 3.8) is 0 Å². The third kappa shape index (κ3) is 4.58. The molecule has 7 heteroatoms. The minimum Gasteiger partial charge on any atom is -1.00 e. The summed E-state index contributed by atoms with van der Waals surface area (Å²) in [6, 6.07) is 8.81. The Hall–Kier alpha value is -1.20. The third-order valence-electron chi connectivity index (χ3n) is 2.09. The van der Waals surface area contributed by atoms with Gasteiger partial charge in [0, 0.05) is 5.57 Å². The first kappa shape index (κ1) is 16.8. The Morgan fingerprint density at radius 2 is 1.72 bits per heavy atom. The summed E-state index contributed by atoms with van der Waals surface area (Å²) in [4.78, 5) is 1.93. The minimum absolute atomic E-state index is 0. The molecule has 0 aliphatic carbocycles. The van der Waals surface area contributed by atoms with Gasteiger partial charge in [-0.2, -0.15) is 13.2 Å². The second-order valence-corrected chi connectivity index (χ2v) is 3.72. The molecule has 1 aromatic rings. The van der Waals surface area contributed by atoms with Gasteiger partial charge >= 0.3 is 12.0 Å². The molecule has 18 heavy (non-hydrogen) atoms. The zero-order valence-corrected chi connectivity index (χ0v) is 10.9. The van der Waals surface area contributed by atoms with Crippen molar-refractivity contribution in [3.8, 4) is 0 Å². The quantitative estimate of drug-likeness (QED) is 0.394. The van der Waals surface area contributed by atoms with Gasteiger partial charge in [0.05, 0.1) is 0 Å². The molecule has 0 saturated heterocycles. The zero-order valence-electron chi connectivity index (χ0n) is 9.35. The Kier molecular flexibility index (Phi) is 6.21. The highest BCUT2D eigenvalue weighted by Gasteiger charge is 2.39. The Balaban J connectivity index is 0.00000289. The summed E-state index contributed by atoms with van der Waals surface area (Å²) in [5.74, 6) is -1.34. The highest BCUT2D eigenvalue weighted by atomic mass is 35.5. The number of nitrogens with two attached hydrogens (primary N) is 1. The molecule has 1 rings (SSSR count). The molecule has 0 bridgehead atoms. The number of benzene rings is 1. The van der Waals surface area contributed by atoms with Crippen LogP contribution in [0.15, 0.2) is 35.5 Å². The molecule has 100 valence electrons. The lowest BCUT2D eigenvalue weighted by atomic mass is 10.1. The fourth-order valence-corrected chi connectivity index (χ4v) is 1.31. The molecular formula is C11H11Cl2F3N2. The highest BCUT2D eigenvalue weighted by Crippen LogP contribution is 2.16. The first-order valence-electron chi connectivity index (χ1n) is 4.71. The van der Waals surface area contributed by atoms with Gasteiger partial charge in [0.25, 0.3) is 0 Å². The number of allylic oxidation sites excluding steroid dienone is 1. The van der Waals surface area contributed by atoms with Gasteiger partial charge in [0.15, 0.2) is 5.16 Å². The molecule has 0 fully saturated rings. The van der Waals surface area contributed by atoms with Crippen LogP contribution in [0.25, 0.3) is 5.57 Å². The van der Waals surface area contributed by atoms with E-state index in [1.165, 1.54) is 0 Å². The molecule has 0 aliphatic rings. The van der Waals surface area contributed by atoms with Crippen LogP contribution in [0.5, 0.6) is 0 Å². The van der Waals surface area contributed by atoms with Gasteiger partial charge in [0.1, 0.15) is 0 Å². The molecule has 0 spiro atoms. The summed E-state index contributed by atoms with van der Waals surface area (Å²) >= 11 is 5.73. The van der Waals surface area contributed by atoms with E-state index in [1.807, 2.05) is 4.99 Å². The number of halogens is 5. The smallest absolute Gasteiger partial charge is 0.494 e. The number of hydrogen-bond acceptors (Lipinski definition) is 0. The molecule has 3 N–H and O–H groups in total. The molecule has 1 aromatic carbocycles. The molecule has 0 radical (unpaired) electrons. The fourth-order valence-electron chi connectivity index (χ4n) is 1.10. The number of alkyl halides is 3. The summed E-state index contributed by atoms with van der Waals surface area (Å²) in [6.07, 6.45) is -4.61. The van der Waals surface area contributed by atoms with Gasteiger partial charge in [-0.15, -0.1) is 0 Å². The number of hydrogen-bond donors (Lipinski definition) is 2. The first-order valence-corrected chi connectivity index (χ1v) is 5.08. The van der Waals surface area contributed by atoms with Gasteiger partial charge in [-0.3, -0.25) is 5.73 Å². The predicted octanol–water partition coefficient (Wildman–Crippen LogP) is -1.38. The largest absolute Gasteiger partial charge is 1.00 e. The molecule has 0 aromatic heterocycles. The molecule has 0 heterocycles. The third-order valence-corrected chi connectivity index (χ3v) is 2.46. The van der Waals surface area contributed by atoms with Crippen LogP contribution in [0.1, 0.15) is 12.5 Å². The number of nitrogens with one attached hydrogen (secondary N) is 1. The summed E-state index contributed by atoms with van der Waals surface area (Å²) in [5, 5.41) is -0.147. The average molecular weight is 299 g/mol. The molecule has 0 aliphatic heterocycles. The van der Waals surface area contributed by atoms with Crippen LogP contribution in [-0.2, 0) is 0 Å². The first-order chi connectivity index (χ1) is 7.82. The number of rotatable bonds is 2. The second kappa shape index (κ2) is 6.66. The van der Waals surface area contributed by atoms with Gasteiger partial charge in [-0.05, 0) is 24.1 Å². The van der Waals surface area contributed by atoms with Crippen LogP contribution in [0, 0.1) is 0 Å². The van der Waals surface area contributed by atoms with E-state index in [1.54, 1.807) is 37.3 Å². The van der Waals surface area contributed by atoms with Crippen molar-refractivity contribution in [2.24, 2.45) is 5.73 Å². The fraction of sp³-hybridized carbons (Fsp3) is 0.182. The van der Waals surface area contributed by atoms with Gasteiger partial charge in [-0.1, -0.05) is 30.3 Å². The van der Waals surface area contributed by atoms with E-state index in [0.29, 0.717) is 5.57 Å². The van der Waals surface area contributed by atoms with Crippen molar-refractivity contribution in [2.45, 2.75) is 13.1 Å². The van der Waals surface area contributed by atoms with Crippen molar-refractivity contribution >= 4 is 23.0 Å². The molecular weight excluding hydrogens is 288 g/mol.